The van der Waals surface area contributed by atoms with E-state index in [4.69, 9.17) is 9.84 Å². The van der Waals surface area contributed by atoms with Crippen molar-refractivity contribution in [3.05, 3.63) is 24.9 Å². The first-order chi connectivity index (χ1) is 10.9. The fraction of sp³-hybridized carbons (Fsp3) is 0.333. The molecule has 0 aliphatic rings. The zero-order chi connectivity index (χ0) is 18.2. The molecular weight excluding hydrogens is 527 g/mol. The average Bonchev–Trinajstić information content (AvgIpc) is 2.96. The summed E-state index contributed by atoms with van der Waals surface area (Å²) in [6, 6.07) is 0. The number of carbonyl (C=O) groups excluding carboxylic acids is 2. The predicted octanol–water partition coefficient (Wildman–Crippen LogP) is -1.26. The normalized spacial score (nSPS) is 8.83. The van der Waals surface area contributed by atoms with Gasteiger partial charge in [0.1, 0.15) is 19.4 Å². The van der Waals surface area contributed by atoms with Crippen LogP contribution < -0.4 is 39.4 Å². The second-order valence-corrected chi connectivity index (χ2v) is 5.95. The van der Waals surface area contributed by atoms with Crippen LogP contribution >= 0.6 is 47.8 Å². The SMILES string of the molecule is COc1c(C=O)c(Br)nn1C.C[O-].Cn1nc(Br)c(C=O)c1Br.[Na+]. The molecule has 0 unspecified atom stereocenters. The van der Waals surface area contributed by atoms with Gasteiger partial charge in [-0.05, 0) is 47.8 Å². The number of halogens is 3. The molecule has 128 valence electrons. The maximum absolute atomic E-state index is 10.5. The predicted molar refractivity (Wildman–Crippen MR) is 92.8 cm³/mol. The van der Waals surface area contributed by atoms with E-state index in [0.717, 1.165) is 13.4 Å². The molecule has 24 heavy (non-hydrogen) atoms. The molecular formula is C12H14Br3N4NaO4. The van der Waals surface area contributed by atoms with Gasteiger partial charge in [-0.1, -0.05) is 0 Å². The van der Waals surface area contributed by atoms with E-state index in [1.165, 1.54) is 11.8 Å². The second kappa shape index (κ2) is 13.2. The summed E-state index contributed by atoms with van der Waals surface area (Å²) in [4.78, 5) is 20.8. The van der Waals surface area contributed by atoms with Crippen LogP contribution in [0, 0.1) is 0 Å². The van der Waals surface area contributed by atoms with E-state index in [1.807, 2.05) is 0 Å². The molecule has 0 aliphatic heterocycles. The van der Waals surface area contributed by atoms with Gasteiger partial charge in [0, 0.05) is 14.1 Å². The number of aldehydes is 2. The van der Waals surface area contributed by atoms with Gasteiger partial charge in [-0.2, -0.15) is 17.3 Å². The molecule has 0 fully saturated rings. The fourth-order valence-corrected chi connectivity index (χ4v) is 3.07. The topological polar surface area (TPSA) is 102 Å². The number of ether oxygens (including phenoxy) is 1. The molecule has 0 N–H and O–H groups in total. The number of aromatic nitrogens is 4. The van der Waals surface area contributed by atoms with Crippen molar-refractivity contribution in [1.82, 2.24) is 19.6 Å². The van der Waals surface area contributed by atoms with Gasteiger partial charge in [0.25, 0.3) is 0 Å². The van der Waals surface area contributed by atoms with Gasteiger partial charge in [0.15, 0.2) is 12.6 Å². The Labute approximate surface area is 186 Å². The van der Waals surface area contributed by atoms with E-state index in [9.17, 15) is 9.59 Å². The third kappa shape index (κ3) is 6.70. The summed E-state index contributed by atoms with van der Waals surface area (Å²) in [5.74, 6) is 0.465. The molecule has 0 aliphatic carbocycles. The summed E-state index contributed by atoms with van der Waals surface area (Å²) >= 11 is 9.46. The van der Waals surface area contributed by atoms with E-state index in [0.29, 0.717) is 37.1 Å². The molecule has 0 bridgehead atoms. The molecule has 0 spiro atoms. The summed E-state index contributed by atoms with van der Waals surface area (Å²) in [6.07, 6.45) is 1.46. The minimum absolute atomic E-state index is 0. The average molecular weight is 541 g/mol. The maximum atomic E-state index is 10.5. The Balaban J connectivity index is 0. The zero-order valence-corrected chi connectivity index (χ0v) is 20.5. The zero-order valence-electron chi connectivity index (χ0n) is 13.7. The van der Waals surface area contributed by atoms with Crippen LogP contribution in [0.15, 0.2) is 13.8 Å². The van der Waals surface area contributed by atoms with Gasteiger partial charge in [0.05, 0.1) is 12.7 Å². The number of aryl methyl sites for hydroxylation is 2. The molecule has 12 heteroatoms. The Kier molecular flexibility index (Phi) is 14.4. The van der Waals surface area contributed by atoms with Gasteiger partial charge in [0.2, 0.25) is 5.88 Å². The number of hydrogen-bond acceptors (Lipinski definition) is 6. The molecule has 2 rings (SSSR count). The molecule has 8 nitrogen and oxygen atoms in total. The van der Waals surface area contributed by atoms with Gasteiger partial charge >= 0.3 is 29.6 Å². The molecule has 0 radical (unpaired) electrons. The van der Waals surface area contributed by atoms with Gasteiger partial charge in [-0.3, -0.25) is 14.3 Å². The summed E-state index contributed by atoms with van der Waals surface area (Å²) in [7, 11) is 5.70. The summed E-state index contributed by atoms with van der Waals surface area (Å²) < 4.78 is 9.76. The number of carbonyl (C=O) groups is 2. The quantitative estimate of drug-likeness (QED) is 0.356. The second-order valence-electron chi connectivity index (χ2n) is 3.69. The summed E-state index contributed by atoms with van der Waals surface area (Å²) in [6.45, 7) is 0. The number of hydrogen-bond donors (Lipinski definition) is 0. The molecule has 2 aromatic heterocycles. The Morgan fingerprint density at radius 1 is 0.958 bits per heavy atom. The summed E-state index contributed by atoms with van der Waals surface area (Å²) in [5, 5.41) is 16.1. The van der Waals surface area contributed by atoms with Gasteiger partial charge in [-0.15, -0.1) is 0 Å². The fourth-order valence-electron chi connectivity index (χ4n) is 1.42. The maximum Gasteiger partial charge on any atom is 1.00 e. The van der Waals surface area contributed by atoms with Crippen molar-refractivity contribution >= 4 is 60.4 Å². The van der Waals surface area contributed by atoms with Gasteiger partial charge < -0.3 is 9.84 Å². The van der Waals surface area contributed by atoms with Crippen molar-refractivity contribution in [2.75, 3.05) is 14.2 Å². The Morgan fingerprint density at radius 3 is 1.62 bits per heavy atom. The molecule has 2 aromatic rings. The molecule has 2 heterocycles. The van der Waals surface area contributed by atoms with Crippen LogP contribution in [0.25, 0.3) is 0 Å². The first kappa shape index (κ1) is 26.2. The smallest absolute Gasteiger partial charge is 0.857 e. The van der Waals surface area contributed by atoms with Crippen LogP contribution in [-0.2, 0) is 14.1 Å². The molecule has 0 amide bonds. The molecule has 0 saturated carbocycles. The number of methoxy groups -OCH3 is 1. The Hall–Kier alpha value is -0.0400. The van der Waals surface area contributed by atoms with Gasteiger partial charge in [-0.25, -0.2) is 4.68 Å². The standard InChI is InChI=1S/C6H7BrN2O2.C5H4Br2N2O.CH3O.Na/c1-9-6(11-2)4(3-10)5(7)8-9;1-9-5(7)3(2-10)4(6)8-9;1-2;/h3H,1-2H3;2H,1H3;1H3;/q;;-1;+1. The first-order valence-electron chi connectivity index (χ1n) is 5.83. The number of rotatable bonds is 3. The Morgan fingerprint density at radius 2 is 1.38 bits per heavy atom. The van der Waals surface area contributed by atoms with Crippen molar-refractivity contribution in [2.24, 2.45) is 14.1 Å². The minimum Gasteiger partial charge on any atom is -0.857 e. The largest absolute Gasteiger partial charge is 1.00 e. The van der Waals surface area contributed by atoms with Crippen molar-refractivity contribution < 1.29 is 49.0 Å². The summed E-state index contributed by atoms with van der Waals surface area (Å²) in [5.41, 5.74) is 0.984. The van der Waals surface area contributed by atoms with E-state index < -0.39 is 0 Å². The van der Waals surface area contributed by atoms with E-state index in [1.54, 1.807) is 18.8 Å². The van der Waals surface area contributed by atoms with E-state index in [2.05, 4.69) is 58.0 Å². The first-order valence-corrected chi connectivity index (χ1v) is 8.20. The minimum atomic E-state index is 0. The van der Waals surface area contributed by atoms with Crippen molar-refractivity contribution in [2.45, 2.75) is 0 Å². The van der Waals surface area contributed by atoms with Crippen molar-refractivity contribution in [3.8, 4) is 5.88 Å². The molecule has 0 aromatic carbocycles. The van der Waals surface area contributed by atoms with Crippen LogP contribution in [0.5, 0.6) is 5.88 Å². The molecule has 0 saturated heterocycles. The monoisotopic (exact) mass is 538 g/mol. The van der Waals surface area contributed by atoms with E-state index >= 15 is 0 Å². The van der Waals surface area contributed by atoms with Crippen molar-refractivity contribution in [1.29, 1.82) is 0 Å². The van der Waals surface area contributed by atoms with E-state index in [-0.39, 0.29) is 29.6 Å². The van der Waals surface area contributed by atoms with Crippen LogP contribution in [0.2, 0.25) is 0 Å². The third-order valence-corrected chi connectivity index (χ3v) is 4.49. The Bertz CT molecular complexity index is 676. The van der Waals surface area contributed by atoms with Crippen LogP contribution in [0.1, 0.15) is 20.7 Å². The molecule has 0 atom stereocenters. The van der Waals surface area contributed by atoms with Crippen LogP contribution in [-0.4, -0.2) is 46.4 Å². The number of nitrogens with zero attached hydrogens (tertiary/aromatic N) is 4. The van der Waals surface area contributed by atoms with Crippen molar-refractivity contribution in [3.63, 3.8) is 0 Å². The van der Waals surface area contributed by atoms with Crippen LogP contribution in [0.4, 0.5) is 0 Å². The third-order valence-electron chi connectivity index (χ3n) is 2.38. The van der Waals surface area contributed by atoms with Crippen LogP contribution in [0.3, 0.4) is 0 Å².